The van der Waals surface area contributed by atoms with Gasteiger partial charge in [0, 0.05) is 0 Å². The van der Waals surface area contributed by atoms with Crippen molar-refractivity contribution in [2.24, 2.45) is 0 Å². The maximum absolute atomic E-state index is 11.7. The van der Waals surface area contributed by atoms with Crippen LogP contribution >= 0.6 is 0 Å². The molecule has 0 aliphatic heterocycles. The third-order valence-electron chi connectivity index (χ3n) is 3.65. The van der Waals surface area contributed by atoms with Crippen LogP contribution in [0.5, 0.6) is 0 Å². The summed E-state index contributed by atoms with van der Waals surface area (Å²) in [6.45, 7) is 7.82. The summed E-state index contributed by atoms with van der Waals surface area (Å²) in [6.07, 6.45) is -8.74. The average Bonchev–Trinajstić information content (AvgIpc) is 2.78. The fourth-order valence-electron chi connectivity index (χ4n) is 2.08. The van der Waals surface area contributed by atoms with Gasteiger partial charge in [-0.3, -0.25) is 0 Å². The van der Waals surface area contributed by atoms with Gasteiger partial charge >= 0.3 is 24.6 Å². The van der Waals surface area contributed by atoms with Crippen molar-refractivity contribution in [1.82, 2.24) is 0 Å². The number of aliphatic hydroxyl groups excluding tert-OH is 2. The van der Waals surface area contributed by atoms with Crippen LogP contribution in [-0.2, 0) is 42.6 Å². The van der Waals surface area contributed by atoms with Crippen LogP contribution in [0, 0.1) is 0 Å². The Morgan fingerprint density at radius 3 is 0.973 bits per heavy atom. The lowest BCUT2D eigenvalue weighted by Crippen LogP contribution is -2.29. The SMILES string of the molecule is CC(O)COC(=O)OC(C)COC(=O)OC(C)COCC(C)OC(=O)OCC(C)OC(=O)OCC(C)O. The molecule has 0 aliphatic rings. The Bertz CT molecular complexity index is 625. The van der Waals surface area contributed by atoms with Crippen LogP contribution in [0.3, 0.4) is 0 Å². The van der Waals surface area contributed by atoms with E-state index in [0.717, 1.165) is 0 Å². The second-order valence-electron chi connectivity index (χ2n) is 8.19. The second-order valence-corrected chi connectivity index (χ2v) is 8.19. The lowest BCUT2D eigenvalue weighted by molar-refractivity contribution is -0.0538. The van der Waals surface area contributed by atoms with Crippen LogP contribution in [0.1, 0.15) is 41.5 Å². The summed E-state index contributed by atoms with van der Waals surface area (Å²) in [6, 6.07) is 0. The number of carbonyl (C=O) groups is 4. The molecule has 0 radical (unpaired) electrons. The van der Waals surface area contributed by atoms with Gasteiger partial charge in [-0.1, -0.05) is 0 Å². The first-order valence-corrected chi connectivity index (χ1v) is 11.6. The molecule has 15 nitrogen and oxygen atoms in total. The number of hydrogen-bond acceptors (Lipinski definition) is 15. The smallest absolute Gasteiger partial charge is 0.432 e. The molecule has 0 amide bonds. The van der Waals surface area contributed by atoms with Gasteiger partial charge in [0.1, 0.15) is 50.8 Å². The molecule has 216 valence electrons. The van der Waals surface area contributed by atoms with Crippen molar-refractivity contribution in [3.63, 3.8) is 0 Å². The van der Waals surface area contributed by atoms with Crippen molar-refractivity contribution in [1.29, 1.82) is 0 Å². The summed E-state index contributed by atoms with van der Waals surface area (Å²) in [7, 11) is 0. The van der Waals surface area contributed by atoms with E-state index < -0.39 is 61.2 Å². The summed E-state index contributed by atoms with van der Waals surface area (Å²) in [4.78, 5) is 46.1. The third kappa shape index (κ3) is 20.8. The minimum absolute atomic E-state index is 0.0327. The normalized spacial score (nSPS) is 15.6. The Hall–Kier alpha value is -3.04. The molecule has 0 saturated heterocycles. The van der Waals surface area contributed by atoms with E-state index >= 15 is 0 Å². The first kappa shape index (κ1) is 34.0. The molecule has 0 aliphatic carbocycles. The van der Waals surface area contributed by atoms with Crippen LogP contribution in [0.4, 0.5) is 19.2 Å². The highest BCUT2D eigenvalue weighted by molar-refractivity contribution is 5.61. The Balaban J connectivity index is 3.98. The Morgan fingerprint density at radius 1 is 0.459 bits per heavy atom. The molecular formula is C22H38O15. The topological polar surface area (TPSA) is 192 Å². The van der Waals surface area contributed by atoms with Gasteiger partial charge < -0.3 is 52.8 Å². The van der Waals surface area contributed by atoms with Crippen LogP contribution in [0.2, 0.25) is 0 Å². The zero-order valence-corrected chi connectivity index (χ0v) is 21.9. The zero-order valence-electron chi connectivity index (χ0n) is 21.9. The monoisotopic (exact) mass is 542 g/mol. The van der Waals surface area contributed by atoms with E-state index in [1.54, 1.807) is 13.8 Å². The number of carbonyl (C=O) groups excluding carboxylic acids is 4. The Kier molecular flexibility index (Phi) is 17.6. The molecule has 0 heterocycles. The van der Waals surface area contributed by atoms with Gasteiger partial charge in [0.2, 0.25) is 0 Å². The Labute approximate surface area is 215 Å². The largest absolute Gasteiger partial charge is 0.508 e. The van der Waals surface area contributed by atoms with Crippen molar-refractivity contribution >= 4 is 24.6 Å². The molecule has 0 aromatic carbocycles. The number of hydrogen-bond donors (Lipinski definition) is 2. The highest BCUT2D eigenvalue weighted by Gasteiger charge is 2.19. The maximum Gasteiger partial charge on any atom is 0.508 e. The summed E-state index contributed by atoms with van der Waals surface area (Å²) < 4.78 is 43.9. The van der Waals surface area contributed by atoms with Gasteiger partial charge in [0.25, 0.3) is 0 Å². The first-order valence-electron chi connectivity index (χ1n) is 11.6. The third-order valence-corrected chi connectivity index (χ3v) is 3.65. The van der Waals surface area contributed by atoms with E-state index in [1.165, 1.54) is 27.7 Å². The molecule has 0 fully saturated rings. The molecule has 37 heavy (non-hydrogen) atoms. The van der Waals surface area contributed by atoms with E-state index in [0.29, 0.717) is 0 Å². The summed E-state index contributed by atoms with van der Waals surface area (Å²) >= 11 is 0. The molecule has 6 unspecified atom stereocenters. The fourth-order valence-corrected chi connectivity index (χ4v) is 2.08. The van der Waals surface area contributed by atoms with Crippen LogP contribution < -0.4 is 0 Å². The van der Waals surface area contributed by atoms with Crippen LogP contribution in [0.15, 0.2) is 0 Å². The van der Waals surface area contributed by atoms with E-state index in [-0.39, 0.29) is 39.6 Å². The number of aliphatic hydroxyl groups is 2. The zero-order chi connectivity index (χ0) is 28.4. The fraction of sp³-hybridized carbons (Fsp3) is 0.818. The molecule has 6 atom stereocenters. The molecule has 0 bridgehead atoms. The van der Waals surface area contributed by atoms with Gasteiger partial charge in [-0.05, 0) is 41.5 Å². The van der Waals surface area contributed by atoms with Crippen molar-refractivity contribution in [3.8, 4) is 0 Å². The molecule has 0 aromatic rings. The average molecular weight is 543 g/mol. The molecule has 0 spiro atoms. The standard InChI is InChI=1S/C22H38O15/c1-13(23)7-30-19(25)36-17(5)11-32-21(27)34-15(3)9-29-10-16(4)35-22(28)33-12-18(6)37-20(26)31-8-14(2)24/h13-18,23-24H,7-12H2,1-6H3. The molecule has 0 aromatic heterocycles. The second kappa shape index (κ2) is 19.1. The minimum atomic E-state index is -1.01. The predicted molar refractivity (Wildman–Crippen MR) is 122 cm³/mol. The Morgan fingerprint density at radius 2 is 0.703 bits per heavy atom. The van der Waals surface area contributed by atoms with Gasteiger partial charge in [-0.15, -0.1) is 0 Å². The summed E-state index contributed by atoms with van der Waals surface area (Å²) in [5.74, 6) is 0. The van der Waals surface area contributed by atoms with Crippen molar-refractivity contribution in [2.45, 2.75) is 78.2 Å². The van der Waals surface area contributed by atoms with Gasteiger partial charge in [-0.25, -0.2) is 19.2 Å². The van der Waals surface area contributed by atoms with Gasteiger partial charge in [0.15, 0.2) is 0 Å². The minimum Gasteiger partial charge on any atom is -0.432 e. The molecule has 2 N–H and O–H groups in total. The van der Waals surface area contributed by atoms with Gasteiger partial charge in [0.05, 0.1) is 25.4 Å². The summed E-state index contributed by atoms with van der Waals surface area (Å²) in [5.41, 5.74) is 0. The van der Waals surface area contributed by atoms with E-state index in [1.807, 2.05) is 0 Å². The van der Waals surface area contributed by atoms with Crippen LogP contribution in [0.25, 0.3) is 0 Å². The van der Waals surface area contributed by atoms with E-state index in [2.05, 4.69) is 9.47 Å². The van der Waals surface area contributed by atoms with Crippen molar-refractivity contribution in [2.75, 3.05) is 39.6 Å². The predicted octanol–water partition coefficient (Wildman–Crippen LogP) is 1.93. The molecule has 15 heteroatoms. The first-order chi connectivity index (χ1) is 17.3. The summed E-state index contributed by atoms with van der Waals surface area (Å²) in [5, 5.41) is 18.1. The van der Waals surface area contributed by atoms with E-state index in [4.69, 9.17) is 43.4 Å². The lowest BCUT2D eigenvalue weighted by Gasteiger charge is -2.18. The van der Waals surface area contributed by atoms with Crippen molar-refractivity contribution < 1.29 is 72.0 Å². The quantitative estimate of drug-likeness (QED) is 0.212. The number of rotatable bonds is 16. The molecule has 0 saturated carbocycles. The molecule has 0 rings (SSSR count). The number of ether oxygens (including phenoxy) is 9. The maximum atomic E-state index is 11.7. The highest BCUT2D eigenvalue weighted by atomic mass is 16.8. The van der Waals surface area contributed by atoms with Gasteiger partial charge in [-0.2, -0.15) is 0 Å². The van der Waals surface area contributed by atoms with Crippen molar-refractivity contribution in [3.05, 3.63) is 0 Å². The molecular weight excluding hydrogens is 504 g/mol. The lowest BCUT2D eigenvalue weighted by atomic mass is 10.4. The highest BCUT2D eigenvalue weighted by Crippen LogP contribution is 2.03. The van der Waals surface area contributed by atoms with E-state index in [9.17, 15) is 19.2 Å². The van der Waals surface area contributed by atoms with Crippen LogP contribution in [-0.4, -0.2) is 111 Å².